The molecule has 2 aliphatic rings. The molecule has 0 spiro atoms. The molecular weight excluding hydrogens is 521 g/mol. The lowest BCUT2D eigenvalue weighted by Gasteiger charge is -2.35. The van der Waals surface area contributed by atoms with E-state index in [1.807, 2.05) is 4.90 Å². The van der Waals surface area contributed by atoms with Crippen LogP contribution in [0.4, 0.5) is 29.1 Å². The number of alkyl halides is 3. The van der Waals surface area contributed by atoms with Crippen molar-refractivity contribution in [2.75, 3.05) is 36.4 Å². The average Bonchev–Trinajstić information content (AvgIpc) is 3.19. The fourth-order valence-corrected chi connectivity index (χ4v) is 5.00. The topological polar surface area (TPSA) is 53.4 Å². The van der Waals surface area contributed by atoms with Gasteiger partial charge in [0.2, 0.25) is 0 Å². The monoisotopic (exact) mass is 541 g/mol. The number of hydrogen-bond acceptors (Lipinski definition) is 4. The summed E-state index contributed by atoms with van der Waals surface area (Å²) < 4.78 is 56.0. The number of nitrogens with zero attached hydrogens (tertiary/aromatic N) is 4. The summed E-state index contributed by atoms with van der Waals surface area (Å²) in [6.45, 7) is 1.59. The first-order chi connectivity index (χ1) is 17.1. The molecule has 1 fully saturated rings. The number of carbonyl (C=O) groups is 1. The lowest BCUT2D eigenvalue weighted by molar-refractivity contribution is -0.173. The summed E-state index contributed by atoms with van der Waals surface area (Å²) in [6, 6.07) is 9.92. The number of rotatable bonds is 3. The van der Waals surface area contributed by atoms with Gasteiger partial charge in [0, 0.05) is 43.3 Å². The highest BCUT2D eigenvalue weighted by atomic mass is 35.5. The SMILES string of the molecule is O=C(c1nn2c(c1Cl)N[C@H](c1ccc(Cl)cc1)C[C@H]2C(F)(F)F)N1CCN(c2ccc(F)cc2)CC1. The summed E-state index contributed by atoms with van der Waals surface area (Å²) >= 11 is 12.4. The number of amides is 1. The molecule has 12 heteroatoms. The maximum absolute atomic E-state index is 14.0. The number of anilines is 2. The third-order valence-electron chi connectivity index (χ3n) is 6.53. The Bertz CT molecular complexity index is 1260. The van der Waals surface area contributed by atoms with Gasteiger partial charge in [-0.3, -0.25) is 4.79 Å². The zero-order valence-electron chi connectivity index (χ0n) is 18.8. The van der Waals surface area contributed by atoms with E-state index < -0.39 is 24.2 Å². The molecule has 1 N–H and O–H groups in total. The van der Waals surface area contributed by atoms with E-state index in [1.165, 1.54) is 17.0 Å². The van der Waals surface area contributed by atoms with Crippen LogP contribution in [0.5, 0.6) is 0 Å². The molecule has 1 amide bonds. The molecule has 2 aromatic carbocycles. The van der Waals surface area contributed by atoms with Crippen LogP contribution in [0.2, 0.25) is 10.0 Å². The highest BCUT2D eigenvalue weighted by Gasteiger charge is 2.48. The van der Waals surface area contributed by atoms with E-state index in [0.29, 0.717) is 36.8 Å². The van der Waals surface area contributed by atoms with Gasteiger partial charge < -0.3 is 15.1 Å². The molecule has 0 bridgehead atoms. The van der Waals surface area contributed by atoms with Crippen molar-refractivity contribution >= 4 is 40.6 Å². The summed E-state index contributed by atoms with van der Waals surface area (Å²) in [6.07, 6.45) is -4.92. The van der Waals surface area contributed by atoms with Crippen molar-refractivity contribution in [1.82, 2.24) is 14.7 Å². The maximum Gasteiger partial charge on any atom is 0.410 e. The van der Waals surface area contributed by atoms with Gasteiger partial charge in [0.05, 0.1) is 6.04 Å². The van der Waals surface area contributed by atoms with Gasteiger partial charge in [-0.25, -0.2) is 9.07 Å². The quantitative estimate of drug-likeness (QED) is 0.416. The highest BCUT2D eigenvalue weighted by Crippen LogP contribution is 2.46. The number of fused-ring (bicyclic) bond motifs is 1. The second-order valence-electron chi connectivity index (χ2n) is 8.75. The standard InChI is InChI=1S/C24H21Cl2F4N5O/c25-15-3-1-14(2-4-15)18-13-19(24(28,29)30)35-22(31-18)20(26)21(32-35)23(36)34-11-9-33(10-12-34)17-7-5-16(27)6-8-17/h1-8,18-19,31H,9-13H2/t18-,19-/m0/s1. The van der Waals surface area contributed by atoms with Crippen molar-refractivity contribution in [1.29, 1.82) is 0 Å². The van der Waals surface area contributed by atoms with Gasteiger partial charge in [-0.05, 0) is 42.0 Å². The van der Waals surface area contributed by atoms with E-state index in [4.69, 9.17) is 23.2 Å². The van der Waals surface area contributed by atoms with Crippen molar-refractivity contribution in [2.24, 2.45) is 0 Å². The molecule has 6 nitrogen and oxygen atoms in total. The Balaban J connectivity index is 1.38. The summed E-state index contributed by atoms with van der Waals surface area (Å²) in [5, 5.41) is 7.39. The second kappa shape index (κ2) is 9.48. The minimum absolute atomic E-state index is 0.0431. The molecule has 1 aromatic heterocycles. The molecule has 0 aliphatic carbocycles. The molecule has 0 radical (unpaired) electrons. The molecule has 3 aromatic rings. The number of nitrogens with one attached hydrogen (secondary N) is 1. The molecule has 5 rings (SSSR count). The van der Waals surface area contributed by atoms with Gasteiger partial charge in [-0.2, -0.15) is 18.3 Å². The second-order valence-corrected chi connectivity index (χ2v) is 9.57. The Morgan fingerprint density at radius 2 is 1.61 bits per heavy atom. The number of piperazine rings is 1. The van der Waals surface area contributed by atoms with Gasteiger partial charge in [-0.1, -0.05) is 35.3 Å². The molecule has 0 saturated carbocycles. The zero-order chi connectivity index (χ0) is 25.6. The largest absolute Gasteiger partial charge is 0.410 e. The van der Waals surface area contributed by atoms with Crippen LogP contribution < -0.4 is 10.2 Å². The first-order valence-electron chi connectivity index (χ1n) is 11.3. The molecule has 36 heavy (non-hydrogen) atoms. The molecule has 2 aliphatic heterocycles. The van der Waals surface area contributed by atoms with Crippen LogP contribution in [0.15, 0.2) is 48.5 Å². The number of benzene rings is 2. The third kappa shape index (κ3) is 4.71. The summed E-state index contributed by atoms with van der Waals surface area (Å²) in [5.74, 6) is -0.917. The maximum atomic E-state index is 14.0. The Morgan fingerprint density at radius 1 is 0.972 bits per heavy atom. The molecule has 3 heterocycles. The van der Waals surface area contributed by atoms with Gasteiger partial charge in [0.25, 0.3) is 5.91 Å². The van der Waals surface area contributed by atoms with Crippen LogP contribution >= 0.6 is 23.2 Å². The predicted molar refractivity (Wildman–Crippen MR) is 129 cm³/mol. The average molecular weight is 542 g/mol. The highest BCUT2D eigenvalue weighted by molar-refractivity contribution is 6.36. The fourth-order valence-electron chi connectivity index (χ4n) is 4.61. The molecule has 2 atom stereocenters. The van der Waals surface area contributed by atoms with Crippen molar-refractivity contribution in [3.8, 4) is 0 Å². The number of aromatic nitrogens is 2. The van der Waals surface area contributed by atoms with E-state index in [-0.39, 0.29) is 28.8 Å². The molecular formula is C24H21Cl2F4N5O. The van der Waals surface area contributed by atoms with Crippen LogP contribution in [0, 0.1) is 5.82 Å². The normalized spacial score (nSPS) is 20.2. The van der Waals surface area contributed by atoms with Crippen LogP contribution in [-0.2, 0) is 0 Å². The van der Waals surface area contributed by atoms with Crippen LogP contribution in [-0.4, -0.2) is 52.9 Å². The summed E-state index contributed by atoms with van der Waals surface area (Å²) in [5.41, 5.74) is 1.21. The predicted octanol–water partition coefficient (Wildman–Crippen LogP) is 5.95. The van der Waals surface area contributed by atoms with E-state index in [0.717, 1.165) is 10.4 Å². The summed E-state index contributed by atoms with van der Waals surface area (Å²) in [4.78, 5) is 16.8. The minimum atomic E-state index is -4.60. The smallest absolute Gasteiger partial charge is 0.368 e. The van der Waals surface area contributed by atoms with Crippen LogP contribution in [0.1, 0.15) is 34.6 Å². The Labute approximate surface area is 214 Å². The van der Waals surface area contributed by atoms with Gasteiger partial charge in [0.1, 0.15) is 16.7 Å². The fraction of sp³-hybridized carbons (Fsp3) is 0.333. The molecule has 190 valence electrons. The van der Waals surface area contributed by atoms with E-state index in [2.05, 4.69) is 10.4 Å². The van der Waals surface area contributed by atoms with Crippen molar-refractivity contribution < 1.29 is 22.4 Å². The van der Waals surface area contributed by atoms with E-state index >= 15 is 0 Å². The van der Waals surface area contributed by atoms with Crippen LogP contribution in [0.3, 0.4) is 0 Å². The van der Waals surface area contributed by atoms with E-state index in [1.54, 1.807) is 36.4 Å². The first kappa shape index (κ1) is 24.7. The lowest BCUT2D eigenvalue weighted by atomic mass is 9.97. The van der Waals surface area contributed by atoms with Gasteiger partial charge >= 0.3 is 6.18 Å². The summed E-state index contributed by atoms with van der Waals surface area (Å²) in [7, 11) is 0. The van der Waals surface area contributed by atoms with Crippen molar-refractivity contribution in [2.45, 2.75) is 24.7 Å². The van der Waals surface area contributed by atoms with Gasteiger partial charge in [-0.15, -0.1) is 0 Å². The van der Waals surface area contributed by atoms with E-state index in [9.17, 15) is 22.4 Å². The number of carbonyl (C=O) groups excluding carboxylic acids is 1. The van der Waals surface area contributed by atoms with Crippen molar-refractivity contribution in [3.63, 3.8) is 0 Å². The Morgan fingerprint density at radius 3 is 2.22 bits per heavy atom. The lowest BCUT2D eigenvalue weighted by Crippen LogP contribution is -2.49. The number of hydrogen-bond donors (Lipinski definition) is 1. The molecule has 0 unspecified atom stereocenters. The van der Waals surface area contributed by atoms with Crippen LogP contribution in [0.25, 0.3) is 0 Å². The van der Waals surface area contributed by atoms with Gasteiger partial charge in [0.15, 0.2) is 11.7 Å². The third-order valence-corrected chi connectivity index (χ3v) is 7.14. The molecule has 1 saturated heterocycles. The van der Waals surface area contributed by atoms with Crippen molar-refractivity contribution in [3.05, 3.63) is 75.7 Å². The minimum Gasteiger partial charge on any atom is -0.368 e. The Hall–Kier alpha value is -2.98. The zero-order valence-corrected chi connectivity index (χ0v) is 20.3. The number of halogens is 6. The Kier molecular flexibility index (Phi) is 6.50. The first-order valence-corrected chi connectivity index (χ1v) is 12.0.